The highest BCUT2D eigenvalue weighted by molar-refractivity contribution is 5.95. The van der Waals surface area contributed by atoms with E-state index in [1.165, 1.54) is 0 Å². The fourth-order valence-electron chi connectivity index (χ4n) is 1.10. The Hall–Kier alpha value is -0.630. The van der Waals surface area contributed by atoms with Crippen LogP contribution in [-0.4, -0.2) is 18.9 Å². The Morgan fingerprint density at radius 2 is 2.60 bits per heavy atom. The number of hydrogen-bond donors (Lipinski definition) is 1. The Balaban J connectivity index is 2.53. The molecule has 0 aliphatic carbocycles. The van der Waals surface area contributed by atoms with E-state index in [9.17, 15) is 4.79 Å². The average Bonchev–Trinajstić information content (AvgIpc) is 2.05. The Morgan fingerprint density at radius 1 is 1.80 bits per heavy atom. The summed E-state index contributed by atoms with van der Waals surface area (Å²) < 4.78 is 0. The largest absolute Gasteiger partial charge is 0.313 e. The van der Waals surface area contributed by atoms with Crippen molar-refractivity contribution < 1.29 is 4.79 Å². The molecule has 0 amide bonds. The third-order valence-corrected chi connectivity index (χ3v) is 1.74. The second-order valence-corrected chi connectivity index (χ2v) is 2.46. The molecule has 1 heterocycles. The molecule has 0 unspecified atom stereocenters. The molecule has 56 valence electrons. The predicted molar refractivity (Wildman–Crippen MR) is 40.9 cm³/mol. The first kappa shape index (κ1) is 7.48. The van der Waals surface area contributed by atoms with Crippen LogP contribution in [0.1, 0.15) is 19.8 Å². The van der Waals surface area contributed by atoms with E-state index in [0.29, 0.717) is 12.2 Å². The summed E-state index contributed by atoms with van der Waals surface area (Å²) in [6.07, 6.45) is 3.55. The number of carbonyl (C=O) groups excluding carboxylic acids is 1. The number of hydrogen-bond acceptors (Lipinski definition) is 2. The Labute approximate surface area is 61.3 Å². The molecule has 0 aromatic carbocycles. The van der Waals surface area contributed by atoms with Gasteiger partial charge in [0.15, 0.2) is 5.78 Å². The highest BCUT2D eigenvalue weighted by atomic mass is 16.1. The summed E-state index contributed by atoms with van der Waals surface area (Å²) in [5.74, 6) is 0.307. The number of ketones is 1. The highest BCUT2D eigenvalue weighted by Crippen LogP contribution is 2.06. The minimum absolute atomic E-state index is 0.307. The number of carbonyl (C=O) groups is 1. The summed E-state index contributed by atoms with van der Waals surface area (Å²) in [6, 6.07) is 0. The van der Waals surface area contributed by atoms with Gasteiger partial charge in [-0.15, -0.1) is 0 Å². The molecule has 0 saturated carbocycles. The molecule has 10 heavy (non-hydrogen) atoms. The molecule has 0 aromatic heterocycles. The second kappa shape index (κ2) is 3.52. The van der Waals surface area contributed by atoms with Crippen LogP contribution in [-0.2, 0) is 4.79 Å². The first-order chi connectivity index (χ1) is 4.84. The van der Waals surface area contributed by atoms with Crippen molar-refractivity contribution in [2.24, 2.45) is 0 Å². The zero-order valence-corrected chi connectivity index (χ0v) is 6.31. The van der Waals surface area contributed by atoms with Crippen LogP contribution in [0.4, 0.5) is 0 Å². The van der Waals surface area contributed by atoms with E-state index in [4.69, 9.17) is 0 Å². The molecule has 1 aliphatic heterocycles. The van der Waals surface area contributed by atoms with Gasteiger partial charge in [-0.2, -0.15) is 0 Å². The van der Waals surface area contributed by atoms with Gasteiger partial charge in [-0.05, 0) is 18.5 Å². The van der Waals surface area contributed by atoms with Crippen molar-refractivity contribution in [2.75, 3.05) is 13.1 Å². The molecule has 1 N–H and O–H groups in total. The molecule has 0 atom stereocenters. The zero-order chi connectivity index (χ0) is 7.40. The standard InChI is InChI=1S/C8H13NO/c1-2-8(10)7-3-5-9-6-4-7/h3,9H,2,4-6H2,1H3. The van der Waals surface area contributed by atoms with Crippen LogP contribution in [0, 0.1) is 0 Å². The van der Waals surface area contributed by atoms with Gasteiger partial charge in [-0.25, -0.2) is 0 Å². The Bertz CT molecular complexity index is 161. The molecule has 0 spiro atoms. The summed E-state index contributed by atoms with van der Waals surface area (Å²) in [5.41, 5.74) is 1.02. The van der Waals surface area contributed by atoms with Gasteiger partial charge in [0.1, 0.15) is 0 Å². The van der Waals surface area contributed by atoms with E-state index in [1.807, 2.05) is 13.0 Å². The van der Waals surface area contributed by atoms with Crippen molar-refractivity contribution in [1.82, 2.24) is 5.32 Å². The van der Waals surface area contributed by atoms with E-state index in [2.05, 4.69) is 5.32 Å². The van der Waals surface area contributed by atoms with Crippen LogP contribution >= 0.6 is 0 Å². The monoisotopic (exact) mass is 139 g/mol. The van der Waals surface area contributed by atoms with E-state index in [0.717, 1.165) is 25.1 Å². The van der Waals surface area contributed by atoms with Gasteiger partial charge in [0, 0.05) is 13.0 Å². The molecular formula is C8H13NO. The number of nitrogens with one attached hydrogen (secondary N) is 1. The highest BCUT2D eigenvalue weighted by Gasteiger charge is 2.08. The number of Topliss-reactive ketones (excluding diaryl/α,β-unsaturated/α-hetero) is 1. The molecule has 2 heteroatoms. The fraction of sp³-hybridized carbons (Fsp3) is 0.625. The SMILES string of the molecule is CCC(=O)C1=CCNCC1. The smallest absolute Gasteiger partial charge is 0.158 e. The number of rotatable bonds is 2. The third kappa shape index (κ3) is 1.67. The van der Waals surface area contributed by atoms with Crippen molar-refractivity contribution in [2.45, 2.75) is 19.8 Å². The first-order valence-corrected chi connectivity index (χ1v) is 3.77. The van der Waals surface area contributed by atoms with Gasteiger partial charge in [0.25, 0.3) is 0 Å². The van der Waals surface area contributed by atoms with Crippen molar-refractivity contribution in [3.05, 3.63) is 11.6 Å². The van der Waals surface area contributed by atoms with Crippen molar-refractivity contribution in [3.63, 3.8) is 0 Å². The van der Waals surface area contributed by atoms with Crippen molar-refractivity contribution >= 4 is 5.78 Å². The Morgan fingerprint density at radius 3 is 3.10 bits per heavy atom. The molecule has 0 radical (unpaired) electrons. The maximum atomic E-state index is 11.1. The summed E-state index contributed by atoms with van der Waals surface area (Å²) in [7, 11) is 0. The van der Waals surface area contributed by atoms with Gasteiger partial charge < -0.3 is 5.32 Å². The maximum absolute atomic E-state index is 11.1. The lowest BCUT2D eigenvalue weighted by atomic mass is 10.0. The molecule has 0 fully saturated rings. The second-order valence-electron chi connectivity index (χ2n) is 2.46. The van der Waals surface area contributed by atoms with E-state index < -0.39 is 0 Å². The van der Waals surface area contributed by atoms with E-state index >= 15 is 0 Å². The van der Waals surface area contributed by atoms with Gasteiger partial charge in [-0.1, -0.05) is 13.0 Å². The summed E-state index contributed by atoms with van der Waals surface area (Å²) in [4.78, 5) is 11.1. The molecule has 2 nitrogen and oxygen atoms in total. The van der Waals surface area contributed by atoms with Crippen LogP contribution < -0.4 is 5.32 Å². The first-order valence-electron chi connectivity index (χ1n) is 3.77. The lowest BCUT2D eigenvalue weighted by Gasteiger charge is -2.11. The van der Waals surface area contributed by atoms with Crippen LogP contribution in [0.3, 0.4) is 0 Å². The fourth-order valence-corrected chi connectivity index (χ4v) is 1.10. The van der Waals surface area contributed by atoms with Gasteiger partial charge in [0.2, 0.25) is 0 Å². The van der Waals surface area contributed by atoms with Crippen LogP contribution in [0.2, 0.25) is 0 Å². The average molecular weight is 139 g/mol. The zero-order valence-electron chi connectivity index (χ0n) is 6.31. The normalized spacial score (nSPS) is 18.3. The minimum Gasteiger partial charge on any atom is -0.313 e. The van der Waals surface area contributed by atoms with Crippen LogP contribution in [0.25, 0.3) is 0 Å². The summed E-state index contributed by atoms with van der Waals surface area (Å²) in [5, 5.41) is 3.17. The lowest BCUT2D eigenvalue weighted by molar-refractivity contribution is -0.115. The van der Waals surface area contributed by atoms with E-state index in [-0.39, 0.29) is 0 Å². The topological polar surface area (TPSA) is 29.1 Å². The maximum Gasteiger partial charge on any atom is 0.158 e. The lowest BCUT2D eigenvalue weighted by Crippen LogP contribution is -2.23. The third-order valence-electron chi connectivity index (χ3n) is 1.74. The van der Waals surface area contributed by atoms with Gasteiger partial charge in [0.05, 0.1) is 0 Å². The molecule has 0 saturated heterocycles. The summed E-state index contributed by atoms with van der Waals surface area (Å²) >= 11 is 0. The van der Waals surface area contributed by atoms with Crippen molar-refractivity contribution in [1.29, 1.82) is 0 Å². The Kier molecular flexibility index (Phi) is 2.63. The quantitative estimate of drug-likeness (QED) is 0.615. The van der Waals surface area contributed by atoms with Gasteiger partial charge >= 0.3 is 0 Å². The minimum atomic E-state index is 0.307. The summed E-state index contributed by atoms with van der Waals surface area (Å²) in [6.45, 7) is 3.73. The van der Waals surface area contributed by atoms with Crippen LogP contribution in [0.5, 0.6) is 0 Å². The predicted octanol–water partition coefficient (Wildman–Crippen LogP) is 0.885. The molecule has 1 aliphatic rings. The molecule has 0 bridgehead atoms. The van der Waals surface area contributed by atoms with Gasteiger partial charge in [-0.3, -0.25) is 4.79 Å². The molecule has 1 rings (SSSR count). The van der Waals surface area contributed by atoms with Crippen molar-refractivity contribution in [3.8, 4) is 0 Å². The van der Waals surface area contributed by atoms with Crippen LogP contribution in [0.15, 0.2) is 11.6 Å². The molecular weight excluding hydrogens is 126 g/mol. The molecule has 0 aromatic rings. The van der Waals surface area contributed by atoms with E-state index in [1.54, 1.807) is 0 Å².